The maximum absolute atomic E-state index is 5.73. The number of pyridine rings is 1. The van der Waals surface area contributed by atoms with E-state index in [0.29, 0.717) is 5.88 Å². The third-order valence-corrected chi connectivity index (χ3v) is 2.62. The van der Waals surface area contributed by atoms with Crippen LogP contribution in [-0.2, 0) is 5.88 Å². The summed E-state index contributed by atoms with van der Waals surface area (Å²) in [4.78, 5) is 4.32. The van der Waals surface area contributed by atoms with Gasteiger partial charge in [0, 0.05) is 11.3 Å². The lowest BCUT2D eigenvalue weighted by Crippen LogP contribution is -1.82. The minimum absolute atomic E-state index is 0.548. The van der Waals surface area contributed by atoms with Gasteiger partial charge in [-0.2, -0.15) is 0 Å². The highest BCUT2D eigenvalue weighted by Crippen LogP contribution is 2.18. The zero-order valence-electron chi connectivity index (χ0n) is 6.80. The Bertz CT molecular complexity index is 442. The van der Waals surface area contributed by atoms with Crippen LogP contribution in [0.5, 0.6) is 0 Å². The van der Waals surface area contributed by atoms with Crippen LogP contribution in [0.1, 0.15) is 5.56 Å². The summed E-state index contributed by atoms with van der Waals surface area (Å²) >= 11 is 9.06. The molecule has 0 N–H and O–H groups in total. The fourth-order valence-electron chi connectivity index (χ4n) is 1.23. The van der Waals surface area contributed by atoms with Gasteiger partial charge in [0.25, 0.3) is 0 Å². The zero-order chi connectivity index (χ0) is 9.26. The molecule has 0 bridgehead atoms. The standard InChI is InChI=1S/C10H7BrClN/c11-10-4-2-8-5-7(6-12)1-3-9(8)13-10/h1-5H,6H2. The van der Waals surface area contributed by atoms with Crippen molar-refractivity contribution in [2.45, 2.75) is 5.88 Å². The fourth-order valence-corrected chi connectivity index (χ4v) is 1.72. The molecular formula is C10H7BrClN. The largest absolute Gasteiger partial charge is 0.241 e. The Labute approximate surface area is 89.9 Å². The van der Waals surface area contributed by atoms with Crippen molar-refractivity contribution < 1.29 is 0 Å². The third-order valence-electron chi connectivity index (χ3n) is 1.87. The molecule has 0 aliphatic rings. The van der Waals surface area contributed by atoms with Crippen LogP contribution < -0.4 is 0 Å². The van der Waals surface area contributed by atoms with E-state index in [9.17, 15) is 0 Å². The van der Waals surface area contributed by atoms with Crippen molar-refractivity contribution in [1.29, 1.82) is 0 Å². The normalized spacial score (nSPS) is 10.6. The van der Waals surface area contributed by atoms with E-state index in [-0.39, 0.29) is 0 Å². The Morgan fingerprint density at radius 2 is 2.08 bits per heavy atom. The van der Waals surface area contributed by atoms with Gasteiger partial charge in [0.05, 0.1) is 5.52 Å². The van der Waals surface area contributed by atoms with Crippen molar-refractivity contribution in [3.05, 3.63) is 40.5 Å². The average Bonchev–Trinajstić information content (AvgIpc) is 2.17. The summed E-state index contributed by atoms with van der Waals surface area (Å²) in [6.07, 6.45) is 0. The van der Waals surface area contributed by atoms with Gasteiger partial charge >= 0.3 is 0 Å². The Hall–Kier alpha value is -0.600. The molecule has 1 nitrogen and oxygen atoms in total. The molecule has 0 fully saturated rings. The number of hydrogen-bond donors (Lipinski definition) is 0. The first-order valence-corrected chi connectivity index (χ1v) is 5.23. The van der Waals surface area contributed by atoms with E-state index in [2.05, 4.69) is 27.0 Å². The number of benzene rings is 1. The van der Waals surface area contributed by atoms with Gasteiger partial charge in [0.1, 0.15) is 4.60 Å². The number of halogens is 2. The summed E-state index contributed by atoms with van der Waals surface area (Å²) in [6, 6.07) is 10.00. The number of rotatable bonds is 1. The minimum Gasteiger partial charge on any atom is -0.241 e. The van der Waals surface area contributed by atoms with E-state index < -0.39 is 0 Å². The smallest absolute Gasteiger partial charge is 0.106 e. The second kappa shape index (κ2) is 3.64. The molecule has 0 spiro atoms. The number of aromatic nitrogens is 1. The topological polar surface area (TPSA) is 12.9 Å². The summed E-state index contributed by atoms with van der Waals surface area (Å²) in [5.74, 6) is 0.548. The van der Waals surface area contributed by atoms with Crippen LogP contribution in [0.25, 0.3) is 10.9 Å². The van der Waals surface area contributed by atoms with E-state index in [1.54, 1.807) is 0 Å². The van der Waals surface area contributed by atoms with Crippen molar-refractivity contribution in [3.8, 4) is 0 Å². The molecule has 0 aliphatic carbocycles. The summed E-state index contributed by atoms with van der Waals surface area (Å²) < 4.78 is 0.860. The fraction of sp³-hybridized carbons (Fsp3) is 0.100. The molecular weight excluding hydrogens is 249 g/mol. The third kappa shape index (κ3) is 1.84. The molecule has 1 aromatic heterocycles. The molecule has 0 saturated heterocycles. The van der Waals surface area contributed by atoms with Crippen LogP contribution in [-0.4, -0.2) is 4.98 Å². The van der Waals surface area contributed by atoms with Gasteiger partial charge in [-0.3, -0.25) is 0 Å². The predicted molar refractivity (Wildman–Crippen MR) is 59.0 cm³/mol. The molecule has 0 saturated carbocycles. The Morgan fingerprint density at radius 1 is 1.23 bits per heavy atom. The van der Waals surface area contributed by atoms with E-state index in [1.165, 1.54) is 0 Å². The molecule has 0 aliphatic heterocycles. The van der Waals surface area contributed by atoms with Crippen molar-refractivity contribution >= 4 is 38.4 Å². The summed E-state index contributed by atoms with van der Waals surface area (Å²) in [7, 11) is 0. The number of alkyl halides is 1. The zero-order valence-corrected chi connectivity index (χ0v) is 9.14. The SMILES string of the molecule is ClCc1ccc2nc(Br)ccc2c1. The van der Waals surface area contributed by atoms with Gasteiger partial charge in [-0.25, -0.2) is 4.98 Å². The van der Waals surface area contributed by atoms with Gasteiger partial charge in [-0.1, -0.05) is 12.1 Å². The van der Waals surface area contributed by atoms with E-state index >= 15 is 0 Å². The lowest BCUT2D eigenvalue weighted by molar-refractivity contribution is 1.33. The first-order valence-electron chi connectivity index (χ1n) is 3.91. The number of hydrogen-bond acceptors (Lipinski definition) is 1. The van der Waals surface area contributed by atoms with Crippen molar-refractivity contribution in [1.82, 2.24) is 4.98 Å². The summed E-state index contributed by atoms with van der Waals surface area (Å²) in [5, 5.41) is 1.13. The monoisotopic (exact) mass is 255 g/mol. The van der Waals surface area contributed by atoms with Crippen LogP contribution in [0, 0.1) is 0 Å². The van der Waals surface area contributed by atoms with E-state index in [1.807, 2.05) is 24.3 Å². The molecule has 2 aromatic rings. The van der Waals surface area contributed by atoms with Crippen LogP contribution in [0.15, 0.2) is 34.9 Å². The van der Waals surface area contributed by atoms with E-state index in [4.69, 9.17) is 11.6 Å². The number of fused-ring (bicyclic) bond motifs is 1. The predicted octanol–water partition coefficient (Wildman–Crippen LogP) is 3.74. The van der Waals surface area contributed by atoms with E-state index in [0.717, 1.165) is 21.1 Å². The van der Waals surface area contributed by atoms with Gasteiger partial charge in [0.15, 0.2) is 0 Å². The lowest BCUT2D eigenvalue weighted by Gasteiger charge is -1.99. The minimum atomic E-state index is 0.548. The van der Waals surface area contributed by atoms with Crippen LogP contribution in [0.4, 0.5) is 0 Å². The molecule has 1 heterocycles. The molecule has 0 unspecified atom stereocenters. The first-order chi connectivity index (χ1) is 6.29. The highest BCUT2D eigenvalue weighted by Gasteiger charge is 1.97. The molecule has 66 valence electrons. The molecule has 2 rings (SSSR count). The quantitative estimate of drug-likeness (QED) is 0.559. The Morgan fingerprint density at radius 3 is 2.85 bits per heavy atom. The Kier molecular flexibility index (Phi) is 2.51. The highest BCUT2D eigenvalue weighted by molar-refractivity contribution is 9.10. The van der Waals surface area contributed by atoms with Gasteiger partial charge < -0.3 is 0 Å². The molecule has 0 amide bonds. The van der Waals surface area contributed by atoms with Gasteiger partial charge in [-0.05, 0) is 39.7 Å². The van der Waals surface area contributed by atoms with Gasteiger partial charge in [0.2, 0.25) is 0 Å². The van der Waals surface area contributed by atoms with Crippen LogP contribution in [0.2, 0.25) is 0 Å². The molecule has 0 atom stereocenters. The van der Waals surface area contributed by atoms with Crippen LogP contribution >= 0.6 is 27.5 Å². The summed E-state index contributed by atoms with van der Waals surface area (Å²) in [6.45, 7) is 0. The maximum Gasteiger partial charge on any atom is 0.106 e. The van der Waals surface area contributed by atoms with Crippen molar-refractivity contribution in [3.63, 3.8) is 0 Å². The average molecular weight is 257 g/mol. The second-order valence-electron chi connectivity index (χ2n) is 2.79. The van der Waals surface area contributed by atoms with Gasteiger partial charge in [-0.15, -0.1) is 11.6 Å². The highest BCUT2D eigenvalue weighted by atomic mass is 79.9. The first kappa shape index (κ1) is 8.97. The summed E-state index contributed by atoms with van der Waals surface area (Å²) in [5.41, 5.74) is 2.11. The molecule has 1 aromatic carbocycles. The molecule has 3 heteroatoms. The maximum atomic E-state index is 5.73. The molecule has 13 heavy (non-hydrogen) atoms. The lowest BCUT2D eigenvalue weighted by atomic mass is 10.1. The number of nitrogens with zero attached hydrogens (tertiary/aromatic N) is 1. The van der Waals surface area contributed by atoms with Crippen molar-refractivity contribution in [2.24, 2.45) is 0 Å². The van der Waals surface area contributed by atoms with Crippen molar-refractivity contribution in [2.75, 3.05) is 0 Å². The van der Waals surface area contributed by atoms with Crippen LogP contribution in [0.3, 0.4) is 0 Å². The molecule has 0 radical (unpaired) electrons. The second-order valence-corrected chi connectivity index (χ2v) is 3.87. The Balaban J connectivity index is 2.66.